The minimum absolute atomic E-state index is 0.215. The molecule has 0 radical (unpaired) electrons. The van der Waals surface area contributed by atoms with Crippen molar-refractivity contribution >= 4 is 54.6 Å². The molecule has 0 aliphatic carbocycles. The molecule has 0 bridgehead atoms. The Balaban J connectivity index is 1.53. The zero-order valence-electron chi connectivity index (χ0n) is 16.6. The van der Waals surface area contributed by atoms with E-state index >= 15 is 0 Å². The van der Waals surface area contributed by atoms with Gasteiger partial charge in [-0.2, -0.15) is 9.61 Å². The minimum atomic E-state index is -0.215. The fraction of sp³-hybridized carbons (Fsp3) is 0.0909. The zero-order chi connectivity index (χ0) is 21.5. The maximum atomic E-state index is 13.2. The van der Waals surface area contributed by atoms with Gasteiger partial charge in [0.2, 0.25) is 4.96 Å². The van der Waals surface area contributed by atoms with E-state index in [-0.39, 0.29) is 5.91 Å². The lowest BCUT2D eigenvalue weighted by Crippen LogP contribution is -2.13. The lowest BCUT2D eigenvalue weighted by atomic mass is 10.0. The van der Waals surface area contributed by atoms with Gasteiger partial charge in [-0.3, -0.25) is 4.79 Å². The topological polar surface area (TPSA) is 81.4 Å². The first-order valence-electron chi connectivity index (χ1n) is 9.41. The summed E-state index contributed by atoms with van der Waals surface area (Å²) >= 11 is 4.98. The monoisotopic (exact) mass is 493 g/mol. The predicted molar refractivity (Wildman–Crippen MR) is 125 cm³/mol. The zero-order valence-corrected chi connectivity index (χ0v) is 19.0. The standard InChI is InChI=1S/C22H16BrN5O2S/c1-12-25-26-22-28(12)27-21(31-22)13-9-10-19(30-2)18(11-13)24-20(29)16-7-3-6-15-14(16)5-4-8-17(15)23/h3-11H,1-2H3,(H,24,29). The number of fused-ring (bicyclic) bond motifs is 2. The van der Waals surface area contributed by atoms with Crippen molar-refractivity contribution in [1.82, 2.24) is 19.8 Å². The van der Waals surface area contributed by atoms with Gasteiger partial charge in [-0.25, -0.2) is 0 Å². The summed E-state index contributed by atoms with van der Waals surface area (Å²) < 4.78 is 8.12. The minimum Gasteiger partial charge on any atom is -0.495 e. The van der Waals surface area contributed by atoms with Crippen LogP contribution in [0.4, 0.5) is 5.69 Å². The fourth-order valence-electron chi connectivity index (χ4n) is 3.43. The van der Waals surface area contributed by atoms with E-state index < -0.39 is 0 Å². The molecule has 0 saturated heterocycles. The fourth-order valence-corrected chi connectivity index (χ4v) is 4.81. The second-order valence-electron chi connectivity index (χ2n) is 6.86. The van der Waals surface area contributed by atoms with Gasteiger partial charge in [-0.1, -0.05) is 51.5 Å². The van der Waals surface area contributed by atoms with Crippen LogP contribution in [-0.4, -0.2) is 32.8 Å². The van der Waals surface area contributed by atoms with Gasteiger partial charge in [-0.15, -0.1) is 10.2 Å². The number of rotatable bonds is 4. The van der Waals surface area contributed by atoms with Crippen LogP contribution in [0, 0.1) is 6.92 Å². The molecule has 2 heterocycles. The average Bonchev–Trinajstić information content (AvgIpc) is 3.36. The Morgan fingerprint density at radius 2 is 1.90 bits per heavy atom. The number of ether oxygens (including phenoxy) is 1. The van der Waals surface area contributed by atoms with Crippen LogP contribution in [0.3, 0.4) is 0 Å². The highest BCUT2D eigenvalue weighted by molar-refractivity contribution is 9.10. The van der Waals surface area contributed by atoms with Crippen LogP contribution in [0.15, 0.2) is 59.1 Å². The number of carbonyl (C=O) groups excluding carboxylic acids is 1. The van der Waals surface area contributed by atoms with Gasteiger partial charge < -0.3 is 10.1 Å². The van der Waals surface area contributed by atoms with Gasteiger partial charge in [0.25, 0.3) is 5.91 Å². The second-order valence-corrected chi connectivity index (χ2v) is 8.67. The van der Waals surface area contributed by atoms with Crippen LogP contribution >= 0.6 is 27.3 Å². The van der Waals surface area contributed by atoms with Crippen molar-refractivity contribution in [2.75, 3.05) is 12.4 Å². The number of aromatic nitrogens is 4. The molecule has 1 N–H and O–H groups in total. The van der Waals surface area contributed by atoms with E-state index in [2.05, 4.69) is 36.5 Å². The molecule has 0 spiro atoms. The highest BCUT2D eigenvalue weighted by Gasteiger charge is 2.16. The Bertz CT molecular complexity index is 1460. The number of hydrogen-bond donors (Lipinski definition) is 1. The molecular formula is C22H16BrN5O2S. The first-order chi connectivity index (χ1) is 15.0. The number of halogens is 1. The van der Waals surface area contributed by atoms with Crippen LogP contribution in [-0.2, 0) is 0 Å². The van der Waals surface area contributed by atoms with Crippen LogP contribution in [0.1, 0.15) is 16.2 Å². The average molecular weight is 494 g/mol. The maximum absolute atomic E-state index is 13.2. The lowest BCUT2D eigenvalue weighted by Gasteiger charge is -2.13. The number of carbonyl (C=O) groups is 1. The smallest absolute Gasteiger partial charge is 0.256 e. The molecule has 5 aromatic rings. The molecule has 3 aromatic carbocycles. The SMILES string of the molecule is COc1ccc(-c2nn3c(C)nnc3s2)cc1NC(=O)c1cccc2c(Br)cccc12. The third-order valence-corrected chi connectivity index (χ3v) is 6.59. The summed E-state index contributed by atoms with van der Waals surface area (Å²) in [6.45, 7) is 1.85. The summed E-state index contributed by atoms with van der Waals surface area (Å²) in [5, 5.41) is 18.3. The van der Waals surface area contributed by atoms with E-state index in [1.54, 1.807) is 11.6 Å². The molecule has 5 rings (SSSR count). The summed E-state index contributed by atoms with van der Waals surface area (Å²) in [5.74, 6) is 1.08. The van der Waals surface area contributed by atoms with Crippen molar-refractivity contribution in [3.63, 3.8) is 0 Å². The number of benzene rings is 3. The van der Waals surface area contributed by atoms with E-state index in [4.69, 9.17) is 4.74 Å². The predicted octanol–water partition coefficient (Wildman–Crippen LogP) is 5.34. The molecule has 7 nitrogen and oxygen atoms in total. The summed E-state index contributed by atoms with van der Waals surface area (Å²) in [5.41, 5.74) is 2.01. The van der Waals surface area contributed by atoms with Gasteiger partial charge in [0.15, 0.2) is 5.82 Å². The molecule has 0 saturated carbocycles. The largest absolute Gasteiger partial charge is 0.495 e. The molecule has 31 heavy (non-hydrogen) atoms. The normalized spacial score (nSPS) is 11.2. The summed E-state index contributed by atoms with van der Waals surface area (Å²) in [6, 6.07) is 17.1. The van der Waals surface area contributed by atoms with Crippen molar-refractivity contribution in [1.29, 1.82) is 0 Å². The number of nitrogens with zero attached hydrogens (tertiary/aromatic N) is 4. The molecule has 9 heteroatoms. The molecule has 2 aromatic heterocycles. The molecular weight excluding hydrogens is 478 g/mol. The Hall–Kier alpha value is -3.30. The van der Waals surface area contributed by atoms with Crippen molar-refractivity contribution in [3.05, 3.63) is 70.5 Å². The highest BCUT2D eigenvalue weighted by atomic mass is 79.9. The first kappa shape index (κ1) is 19.7. The molecule has 154 valence electrons. The summed E-state index contributed by atoms with van der Waals surface area (Å²) in [7, 11) is 1.58. The lowest BCUT2D eigenvalue weighted by molar-refractivity contribution is 0.102. The number of hydrogen-bond acceptors (Lipinski definition) is 6. The second kappa shape index (κ2) is 7.75. The molecule has 0 atom stereocenters. The van der Waals surface area contributed by atoms with E-state index in [1.807, 2.05) is 61.5 Å². The van der Waals surface area contributed by atoms with Crippen LogP contribution in [0.5, 0.6) is 5.75 Å². The number of nitrogens with one attached hydrogen (secondary N) is 1. The molecule has 0 fully saturated rings. The van der Waals surface area contributed by atoms with Crippen molar-refractivity contribution in [3.8, 4) is 16.3 Å². The van der Waals surface area contributed by atoms with Crippen molar-refractivity contribution < 1.29 is 9.53 Å². The number of anilines is 1. The van der Waals surface area contributed by atoms with Crippen molar-refractivity contribution in [2.45, 2.75) is 6.92 Å². The molecule has 1 amide bonds. The van der Waals surface area contributed by atoms with E-state index in [0.717, 1.165) is 36.6 Å². The quantitative estimate of drug-likeness (QED) is 0.365. The van der Waals surface area contributed by atoms with Crippen LogP contribution < -0.4 is 10.1 Å². The molecule has 0 aliphatic heterocycles. The van der Waals surface area contributed by atoms with Gasteiger partial charge in [-0.05, 0) is 48.0 Å². The Morgan fingerprint density at radius 3 is 2.71 bits per heavy atom. The highest BCUT2D eigenvalue weighted by Crippen LogP contribution is 2.34. The van der Waals surface area contributed by atoms with Gasteiger partial charge in [0.05, 0.1) is 12.8 Å². The Morgan fingerprint density at radius 1 is 1.10 bits per heavy atom. The van der Waals surface area contributed by atoms with E-state index in [1.165, 1.54) is 11.3 Å². The molecule has 0 unspecified atom stereocenters. The maximum Gasteiger partial charge on any atom is 0.256 e. The van der Waals surface area contributed by atoms with E-state index in [9.17, 15) is 4.79 Å². The first-order valence-corrected chi connectivity index (χ1v) is 11.0. The molecule has 0 aliphatic rings. The number of methoxy groups -OCH3 is 1. The number of aryl methyl sites for hydroxylation is 1. The Kier molecular flexibility index (Phi) is 4.91. The van der Waals surface area contributed by atoms with Gasteiger partial charge in [0.1, 0.15) is 10.8 Å². The third kappa shape index (κ3) is 3.45. The van der Waals surface area contributed by atoms with Crippen LogP contribution in [0.2, 0.25) is 0 Å². The number of amides is 1. The summed E-state index contributed by atoms with van der Waals surface area (Å²) in [6.07, 6.45) is 0. The van der Waals surface area contributed by atoms with Gasteiger partial charge >= 0.3 is 0 Å². The van der Waals surface area contributed by atoms with Crippen LogP contribution in [0.25, 0.3) is 26.3 Å². The van der Waals surface area contributed by atoms with Gasteiger partial charge in [0, 0.05) is 15.6 Å². The summed E-state index contributed by atoms with van der Waals surface area (Å²) in [4.78, 5) is 13.9. The van der Waals surface area contributed by atoms with Crippen molar-refractivity contribution in [2.24, 2.45) is 0 Å². The van der Waals surface area contributed by atoms with E-state index in [0.29, 0.717) is 17.0 Å². The Labute approximate surface area is 189 Å². The third-order valence-electron chi connectivity index (χ3n) is 4.95.